The predicted molar refractivity (Wildman–Crippen MR) is 140 cm³/mol. The van der Waals surface area contributed by atoms with Crippen LogP contribution in [0.25, 0.3) is 11.3 Å². The highest BCUT2D eigenvalue weighted by Crippen LogP contribution is 2.35. The Balaban J connectivity index is 1.57. The van der Waals surface area contributed by atoms with Gasteiger partial charge in [-0.05, 0) is 51.5 Å². The molecule has 36 heavy (non-hydrogen) atoms. The lowest BCUT2D eigenvalue weighted by Gasteiger charge is -2.43. The van der Waals surface area contributed by atoms with Crippen molar-refractivity contribution < 1.29 is 23.5 Å². The van der Waals surface area contributed by atoms with Gasteiger partial charge in [-0.15, -0.1) is 4.72 Å². The molecule has 1 atom stereocenters. The number of ether oxygens (including phenoxy) is 4. The molecule has 0 spiro atoms. The average molecular weight is 514 g/mol. The highest BCUT2D eigenvalue weighted by atomic mass is 32.2. The quantitative estimate of drug-likeness (QED) is 0.304. The van der Waals surface area contributed by atoms with Crippen LogP contribution >= 0.6 is 0 Å². The van der Waals surface area contributed by atoms with Crippen LogP contribution in [0.4, 0.5) is 0 Å². The smallest absolute Gasteiger partial charge is 0.218 e. The van der Waals surface area contributed by atoms with Crippen LogP contribution in [0.5, 0.6) is 11.6 Å². The maximum atomic E-state index is 12.9. The summed E-state index contributed by atoms with van der Waals surface area (Å²) in [5.41, 5.74) is 3.21. The Hall–Kier alpha value is -2.40. The average Bonchev–Trinajstić information content (AvgIpc) is 3.25. The van der Waals surface area contributed by atoms with Crippen LogP contribution in [-0.2, 0) is 37.7 Å². The Kier molecular flexibility index (Phi) is 8.09. The molecule has 0 radical (unpaired) electrons. The Bertz CT molecular complexity index is 1150. The second kappa shape index (κ2) is 10.9. The van der Waals surface area contributed by atoms with Crippen LogP contribution in [0, 0.1) is 0 Å². The van der Waals surface area contributed by atoms with Gasteiger partial charge in [-0.2, -0.15) is 5.10 Å². The largest absolute Gasteiger partial charge is 0.598 e. The van der Waals surface area contributed by atoms with Crippen molar-refractivity contribution in [1.82, 2.24) is 14.5 Å². The Morgan fingerprint density at radius 2 is 1.81 bits per heavy atom. The van der Waals surface area contributed by atoms with Crippen molar-refractivity contribution in [2.45, 2.75) is 50.8 Å². The van der Waals surface area contributed by atoms with Gasteiger partial charge in [0.25, 0.3) is 0 Å². The molecule has 1 aromatic heterocycles. The van der Waals surface area contributed by atoms with E-state index in [9.17, 15) is 4.55 Å². The van der Waals surface area contributed by atoms with Gasteiger partial charge in [-0.3, -0.25) is 0 Å². The Labute approximate surface area is 216 Å². The molecule has 1 aliphatic heterocycles. The van der Waals surface area contributed by atoms with E-state index in [4.69, 9.17) is 24.0 Å². The first-order valence-corrected chi connectivity index (χ1v) is 13.1. The summed E-state index contributed by atoms with van der Waals surface area (Å²) in [6.07, 6.45) is -0.418. The summed E-state index contributed by atoms with van der Waals surface area (Å²) in [4.78, 5) is 0. The molecule has 1 aliphatic rings. The molecule has 2 heterocycles. The summed E-state index contributed by atoms with van der Waals surface area (Å²) >= 11 is -1.22. The first-order valence-electron chi connectivity index (χ1n) is 12.0. The molecule has 1 fully saturated rings. The number of hydrogen-bond donors (Lipinski definition) is 1. The molecular weight excluding hydrogens is 478 g/mol. The van der Waals surface area contributed by atoms with E-state index in [2.05, 4.69) is 10.8 Å². The molecule has 3 aromatic rings. The number of aromatic nitrogens is 2. The fraction of sp³-hybridized carbons (Fsp3) is 0.444. The molecule has 0 bridgehead atoms. The zero-order valence-corrected chi connectivity index (χ0v) is 22.6. The standard InChI is InChI=1S/C27H35N3O5S/c1-7-30-24(35-22-13-11-19(12-14-22)25(32-5)33-6)16-23(28-30)20-9-8-10-21(15-20)27(17-34-18-27)29-36(31)26(2,3)4/h8-16,25,29H,7,17-18H2,1-6H3. The maximum Gasteiger partial charge on any atom is 0.218 e. The fourth-order valence-corrected chi connectivity index (χ4v) is 4.83. The molecular formula is C27H35N3O5S. The lowest BCUT2D eigenvalue weighted by atomic mass is 9.88. The second-order valence-electron chi connectivity index (χ2n) is 9.80. The van der Waals surface area contributed by atoms with Crippen LogP contribution in [0.15, 0.2) is 54.6 Å². The highest BCUT2D eigenvalue weighted by Gasteiger charge is 2.46. The minimum atomic E-state index is -1.22. The van der Waals surface area contributed by atoms with Crippen LogP contribution < -0.4 is 9.46 Å². The van der Waals surface area contributed by atoms with Crippen molar-refractivity contribution in [1.29, 1.82) is 0 Å². The van der Waals surface area contributed by atoms with Crippen LogP contribution in [-0.4, -0.2) is 46.5 Å². The van der Waals surface area contributed by atoms with Crippen LogP contribution in [0.1, 0.15) is 45.1 Å². The van der Waals surface area contributed by atoms with Gasteiger partial charge in [0.15, 0.2) is 6.29 Å². The molecule has 1 unspecified atom stereocenters. The minimum absolute atomic E-state index is 0.376. The fourth-order valence-electron chi connectivity index (χ4n) is 3.93. The number of nitrogens with one attached hydrogen (secondary N) is 1. The van der Waals surface area contributed by atoms with Gasteiger partial charge in [-0.25, -0.2) is 4.68 Å². The van der Waals surface area contributed by atoms with Gasteiger partial charge in [-0.1, -0.05) is 30.3 Å². The van der Waals surface area contributed by atoms with Crippen LogP contribution in [0.3, 0.4) is 0 Å². The normalized spacial score (nSPS) is 16.1. The third-order valence-electron chi connectivity index (χ3n) is 6.10. The molecule has 1 saturated heterocycles. The van der Waals surface area contributed by atoms with E-state index < -0.39 is 23.2 Å². The summed E-state index contributed by atoms with van der Waals surface area (Å²) in [7, 11) is 3.21. The zero-order valence-electron chi connectivity index (χ0n) is 21.7. The molecule has 194 valence electrons. The molecule has 8 nitrogen and oxygen atoms in total. The number of methoxy groups -OCH3 is 2. The van der Waals surface area contributed by atoms with Gasteiger partial charge in [0.1, 0.15) is 16.0 Å². The Morgan fingerprint density at radius 3 is 2.36 bits per heavy atom. The summed E-state index contributed by atoms with van der Waals surface area (Å²) in [5.74, 6) is 1.34. The summed E-state index contributed by atoms with van der Waals surface area (Å²) < 4.78 is 40.0. The summed E-state index contributed by atoms with van der Waals surface area (Å²) in [6.45, 7) is 9.50. The van der Waals surface area contributed by atoms with Gasteiger partial charge < -0.3 is 23.5 Å². The van der Waals surface area contributed by atoms with Crippen LogP contribution in [0.2, 0.25) is 0 Å². The van der Waals surface area contributed by atoms with E-state index in [0.717, 1.165) is 22.4 Å². The number of benzene rings is 2. The first-order chi connectivity index (χ1) is 17.2. The summed E-state index contributed by atoms with van der Waals surface area (Å²) in [6, 6.07) is 17.7. The predicted octanol–water partition coefficient (Wildman–Crippen LogP) is 4.93. The zero-order chi connectivity index (χ0) is 25.9. The molecule has 2 aromatic carbocycles. The third kappa shape index (κ3) is 5.61. The van der Waals surface area contributed by atoms with E-state index in [0.29, 0.717) is 31.4 Å². The van der Waals surface area contributed by atoms with E-state index >= 15 is 0 Å². The van der Waals surface area contributed by atoms with Gasteiger partial charge in [0.2, 0.25) is 5.88 Å². The van der Waals surface area contributed by atoms with Gasteiger partial charge >= 0.3 is 0 Å². The van der Waals surface area contributed by atoms with E-state index in [1.807, 2.05) is 80.9 Å². The number of nitrogens with zero attached hydrogens (tertiary/aromatic N) is 2. The highest BCUT2D eigenvalue weighted by molar-refractivity contribution is 7.90. The van der Waals surface area contributed by atoms with Crippen molar-refractivity contribution in [3.63, 3.8) is 0 Å². The van der Waals surface area contributed by atoms with Gasteiger partial charge in [0.05, 0.1) is 18.9 Å². The lowest BCUT2D eigenvalue weighted by Crippen LogP contribution is -2.61. The monoisotopic (exact) mass is 513 g/mol. The molecule has 0 amide bonds. The number of rotatable bonds is 10. The van der Waals surface area contributed by atoms with Crippen molar-refractivity contribution in [3.8, 4) is 22.9 Å². The topological polar surface area (TPSA) is 89.8 Å². The molecule has 1 N–H and O–H groups in total. The first kappa shape index (κ1) is 26.7. The molecule has 0 aliphatic carbocycles. The maximum absolute atomic E-state index is 12.9. The number of aryl methyl sites for hydroxylation is 1. The van der Waals surface area contributed by atoms with Gasteiger partial charge in [0, 0.05) is 49.3 Å². The second-order valence-corrected chi connectivity index (χ2v) is 11.8. The lowest BCUT2D eigenvalue weighted by molar-refractivity contribution is -0.106. The molecule has 4 rings (SSSR count). The van der Waals surface area contributed by atoms with Crippen molar-refractivity contribution in [2.24, 2.45) is 0 Å². The number of hydrogen-bond acceptors (Lipinski definition) is 7. The van der Waals surface area contributed by atoms with Crippen molar-refractivity contribution >= 4 is 11.4 Å². The van der Waals surface area contributed by atoms with E-state index in [1.165, 1.54) is 0 Å². The van der Waals surface area contributed by atoms with E-state index in [-0.39, 0.29) is 4.75 Å². The third-order valence-corrected chi connectivity index (χ3v) is 7.79. The molecule has 9 heteroatoms. The van der Waals surface area contributed by atoms with Crippen molar-refractivity contribution in [3.05, 3.63) is 65.7 Å². The minimum Gasteiger partial charge on any atom is -0.598 e. The van der Waals surface area contributed by atoms with E-state index in [1.54, 1.807) is 14.2 Å². The molecule has 0 saturated carbocycles. The summed E-state index contributed by atoms with van der Waals surface area (Å²) in [5, 5.41) is 4.77. The van der Waals surface area contributed by atoms with Crippen molar-refractivity contribution in [2.75, 3.05) is 27.4 Å². The SMILES string of the molecule is CCn1nc(-c2cccc(C3(N[S+]([O-])C(C)(C)C)COC3)c2)cc1Oc1ccc(C(OC)OC)cc1. The Morgan fingerprint density at radius 1 is 1.11 bits per heavy atom.